The van der Waals surface area contributed by atoms with Gasteiger partial charge in [0.25, 0.3) is 0 Å². The molecule has 0 saturated carbocycles. The molecule has 3 heteroatoms. The van der Waals surface area contributed by atoms with E-state index in [9.17, 15) is 0 Å². The molecule has 2 aromatic heterocycles. The lowest BCUT2D eigenvalue weighted by molar-refractivity contribution is 1.28. The van der Waals surface area contributed by atoms with E-state index >= 15 is 0 Å². The van der Waals surface area contributed by atoms with Crippen LogP contribution in [-0.2, 0) is 0 Å². The maximum atomic E-state index is 4.66. The molecule has 0 spiro atoms. The van der Waals surface area contributed by atoms with Crippen LogP contribution in [0.3, 0.4) is 0 Å². The van der Waals surface area contributed by atoms with E-state index in [1.165, 1.54) is 11.1 Å². The number of rotatable bonds is 1. The van der Waals surface area contributed by atoms with Crippen LogP contribution in [0.4, 0.5) is 0 Å². The highest BCUT2D eigenvalue weighted by Gasteiger charge is 2.10. The van der Waals surface area contributed by atoms with Crippen LogP contribution in [-0.4, -0.2) is 14.4 Å². The Kier molecular flexibility index (Phi) is 2.22. The van der Waals surface area contributed by atoms with Crippen LogP contribution in [0.2, 0.25) is 0 Å². The summed E-state index contributed by atoms with van der Waals surface area (Å²) in [4.78, 5) is 8.06. The first-order valence-electron chi connectivity index (χ1n) is 7.34. The molecule has 0 atom stereocenters. The molecule has 104 valence electrons. The van der Waals surface area contributed by atoms with Gasteiger partial charge in [-0.05, 0) is 35.4 Å². The van der Waals surface area contributed by atoms with Crippen LogP contribution in [0.5, 0.6) is 0 Å². The molecule has 22 heavy (non-hydrogen) atoms. The molecular formula is C19H13N3. The number of hydrogen-bond donors (Lipinski definition) is 1. The number of aromatic amines is 1. The van der Waals surface area contributed by atoms with E-state index in [1.807, 2.05) is 18.2 Å². The normalized spacial score (nSPS) is 11.6. The minimum atomic E-state index is 0.890. The van der Waals surface area contributed by atoms with Crippen molar-refractivity contribution in [3.63, 3.8) is 0 Å². The highest BCUT2D eigenvalue weighted by atomic mass is 15.1. The van der Waals surface area contributed by atoms with Crippen molar-refractivity contribution in [1.29, 1.82) is 0 Å². The largest absolute Gasteiger partial charge is 0.323 e. The summed E-state index contributed by atoms with van der Waals surface area (Å²) in [7, 11) is 0. The standard InChI is InChI=1S/C19H13N3/c1-2-6-13(7-3-1)14-10-11-16-18(12-14)22-17-9-5-4-8-15(17)20-19(22)21-16/h1-12H,(H,20,21). The van der Waals surface area contributed by atoms with E-state index in [0.29, 0.717) is 0 Å². The molecule has 0 aliphatic carbocycles. The first-order chi connectivity index (χ1) is 10.9. The Hall–Kier alpha value is -3.07. The van der Waals surface area contributed by atoms with Crippen molar-refractivity contribution in [2.45, 2.75) is 0 Å². The van der Waals surface area contributed by atoms with Gasteiger partial charge in [0.15, 0.2) is 0 Å². The first-order valence-corrected chi connectivity index (χ1v) is 7.34. The van der Waals surface area contributed by atoms with Crippen LogP contribution in [0, 0.1) is 0 Å². The average Bonchev–Trinajstić information content (AvgIpc) is 3.10. The third kappa shape index (κ3) is 1.53. The summed E-state index contributed by atoms with van der Waals surface area (Å²) in [5.74, 6) is 0.890. The molecule has 0 aliphatic rings. The Labute approximate surface area is 126 Å². The molecule has 3 aromatic carbocycles. The van der Waals surface area contributed by atoms with E-state index in [-0.39, 0.29) is 0 Å². The molecule has 0 bridgehead atoms. The van der Waals surface area contributed by atoms with Gasteiger partial charge in [0.2, 0.25) is 5.78 Å². The third-order valence-electron chi connectivity index (χ3n) is 4.15. The van der Waals surface area contributed by atoms with Gasteiger partial charge in [-0.3, -0.25) is 4.40 Å². The van der Waals surface area contributed by atoms with Crippen molar-refractivity contribution in [3.8, 4) is 11.1 Å². The molecule has 1 N–H and O–H groups in total. The minimum absolute atomic E-state index is 0.890. The number of hydrogen-bond acceptors (Lipinski definition) is 1. The lowest BCUT2D eigenvalue weighted by atomic mass is 10.1. The Morgan fingerprint density at radius 1 is 0.727 bits per heavy atom. The van der Waals surface area contributed by atoms with Gasteiger partial charge in [-0.1, -0.05) is 48.5 Å². The molecule has 0 amide bonds. The van der Waals surface area contributed by atoms with Crippen molar-refractivity contribution in [3.05, 3.63) is 72.8 Å². The fourth-order valence-electron chi connectivity index (χ4n) is 3.11. The maximum absolute atomic E-state index is 4.66. The minimum Gasteiger partial charge on any atom is -0.323 e. The summed E-state index contributed by atoms with van der Waals surface area (Å²) >= 11 is 0. The van der Waals surface area contributed by atoms with E-state index in [4.69, 9.17) is 0 Å². The number of para-hydroxylation sites is 2. The highest BCUT2D eigenvalue weighted by molar-refractivity contribution is 5.91. The Balaban J connectivity index is 1.88. The molecular weight excluding hydrogens is 270 g/mol. The quantitative estimate of drug-likeness (QED) is 0.478. The van der Waals surface area contributed by atoms with Gasteiger partial charge in [-0.2, -0.15) is 0 Å². The number of aromatic nitrogens is 3. The average molecular weight is 283 g/mol. The zero-order valence-electron chi connectivity index (χ0n) is 11.8. The molecule has 3 nitrogen and oxygen atoms in total. The Morgan fingerprint density at radius 3 is 2.45 bits per heavy atom. The third-order valence-corrected chi connectivity index (χ3v) is 4.15. The van der Waals surface area contributed by atoms with Gasteiger partial charge in [-0.15, -0.1) is 0 Å². The van der Waals surface area contributed by atoms with Crippen molar-refractivity contribution in [2.24, 2.45) is 0 Å². The van der Waals surface area contributed by atoms with E-state index < -0.39 is 0 Å². The van der Waals surface area contributed by atoms with Crippen molar-refractivity contribution < 1.29 is 0 Å². The topological polar surface area (TPSA) is 33.1 Å². The molecule has 5 rings (SSSR count). The number of nitrogens with zero attached hydrogens (tertiary/aromatic N) is 2. The molecule has 0 aliphatic heterocycles. The van der Waals surface area contributed by atoms with Crippen LogP contribution in [0.1, 0.15) is 0 Å². The zero-order valence-corrected chi connectivity index (χ0v) is 11.8. The van der Waals surface area contributed by atoms with Crippen LogP contribution < -0.4 is 0 Å². The molecule has 2 heterocycles. The lowest BCUT2D eigenvalue weighted by Gasteiger charge is -2.02. The molecule has 0 radical (unpaired) electrons. The fraction of sp³-hybridized carbons (Fsp3) is 0. The monoisotopic (exact) mass is 283 g/mol. The van der Waals surface area contributed by atoms with Gasteiger partial charge >= 0.3 is 0 Å². The van der Waals surface area contributed by atoms with Gasteiger partial charge in [0.05, 0.1) is 22.1 Å². The zero-order chi connectivity index (χ0) is 14.5. The van der Waals surface area contributed by atoms with Crippen LogP contribution >= 0.6 is 0 Å². The second kappa shape index (κ2) is 4.21. The van der Waals surface area contributed by atoms with E-state index in [1.54, 1.807) is 0 Å². The Morgan fingerprint density at radius 2 is 1.55 bits per heavy atom. The summed E-state index contributed by atoms with van der Waals surface area (Å²) in [6.07, 6.45) is 0. The number of benzene rings is 3. The summed E-state index contributed by atoms with van der Waals surface area (Å²) in [6, 6.07) is 25.2. The molecule has 0 fully saturated rings. The van der Waals surface area contributed by atoms with E-state index in [2.05, 4.69) is 69.0 Å². The molecule has 5 aromatic rings. The second-order valence-electron chi connectivity index (χ2n) is 5.48. The fourth-order valence-corrected chi connectivity index (χ4v) is 3.11. The predicted octanol–water partition coefficient (Wildman–Crippen LogP) is 4.64. The van der Waals surface area contributed by atoms with Crippen molar-refractivity contribution in [1.82, 2.24) is 14.4 Å². The lowest BCUT2D eigenvalue weighted by Crippen LogP contribution is -1.82. The maximum Gasteiger partial charge on any atom is 0.213 e. The summed E-state index contributed by atoms with van der Waals surface area (Å²) < 4.78 is 2.19. The number of fused-ring (bicyclic) bond motifs is 5. The van der Waals surface area contributed by atoms with Gasteiger partial charge < -0.3 is 4.98 Å². The summed E-state index contributed by atoms with van der Waals surface area (Å²) in [5, 5.41) is 0. The summed E-state index contributed by atoms with van der Waals surface area (Å²) in [5.41, 5.74) is 6.85. The SMILES string of the molecule is c1ccc(-c2ccc3[nH]c4nc5ccccc5n4c3c2)cc1. The van der Waals surface area contributed by atoms with Crippen LogP contribution in [0.25, 0.3) is 39.0 Å². The molecule has 0 unspecified atom stereocenters. The summed E-state index contributed by atoms with van der Waals surface area (Å²) in [6.45, 7) is 0. The smallest absolute Gasteiger partial charge is 0.213 e. The first kappa shape index (κ1) is 11.6. The van der Waals surface area contributed by atoms with E-state index in [0.717, 1.165) is 27.8 Å². The predicted molar refractivity (Wildman–Crippen MR) is 90.0 cm³/mol. The van der Waals surface area contributed by atoms with Gasteiger partial charge in [0.1, 0.15) is 0 Å². The highest BCUT2D eigenvalue weighted by Crippen LogP contribution is 2.27. The van der Waals surface area contributed by atoms with Gasteiger partial charge in [-0.25, -0.2) is 4.98 Å². The van der Waals surface area contributed by atoms with Crippen LogP contribution in [0.15, 0.2) is 72.8 Å². The number of imidazole rings is 2. The number of H-pyrrole nitrogens is 1. The Bertz CT molecular complexity index is 1120. The molecule has 0 saturated heterocycles. The van der Waals surface area contributed by atoms with Crippen molar-refractivity contribution >= 4 is 27.8 Å². The van der Waals surface area contributed by atoms with Gasteiger partial charge in [0, 0.05) is 0 Å². The number of nitrogens with one attached hydrogen (secondary N) is 1. The van der Waals surface area contributed by atoms with Crippen molar-refractivity contribution in [2.75, 3.05) is 0 Å². The second-order valence-corrected chi connectivity index (χ2v) is 5.48.